The van der Waals surface area contributed by atoms with Gasteiger partial charge in [0.25, 0.3) is 0 Å². The second-order valence-electron chi connectivity index (χ2n) is 8.54. The molecule has 12 aromatic rings. The summed E-state index contributed by atoms with van der Waals surface area (Å²) in [4.78, 5) is 27.2. The standard InChI is InChI=1S/C4H5N.C4H4O.C4H4S.2C3H4N2.2C3H3NO.2C3H3NS.C2H3N3.C2H2N2O.C2H2N2S.24C2H6/c3*1-2-4-5-3-1;1-2-5-3-4-1;1-2-4-5-3-1;1-2-5-3-4-1;1-2-4-5-3-1;1-2-5-3-4-1;1-2-4-5-3-1;3*1-3-2-5-4-1;24*1-2/h1-5H;2*1-4H;2*1-3H,(H,4,5);4*1-3H;1-2H,(H,3,4,5);2*1-2H;24*1-2H3. The molecule has 0 radical (unpaired) electrons. The molecule has 0 amide bonds. The van der Waals surface area contributed by atoms with Crippen LogP contribution in [0.5, 0.6) is 0 Å². The number of hydrogen-bond acceptors (Lipinski definition) is 20. The molecular formula is C84H184N16O4S4. The molecule has 12 aromatic heterocycles. The van der Waals surface area contributed by atoms with Gasteiger partial charge >= 0.3 is 0 Å². The zero-order valence-corrected chi connectivity index (χ0v) is 82.7. The first-order valence-corrected chi connectivity index (χ1v) is 43.9. The zero-order valence-electron chi connectivity index (χ0n) is 79.4. The number of thiophene rings is 1. The van der Waals surface area contributed by atoms with Gasteiger partial charge in [0, 0.05) is 60.3 Å². The lowest BCUT2D eigenvalue weighted by Gasteiger charge is -1.50. The van der Waals surface area contributed by atoms with Crippen molar-refractivity contribution >= 4 is 45.7 Å². The summed E-state index contributed by atoms with van der Waals surface area (Å²) in [6.45, 7) is 96.0. The van der Waals surface area contributed by atoms with Gasteiger partial charge in [0.2, 0.25) is 6.39 Å². The Hall–Kier alpha value is -7.80. The third-order valence-electron chi connectivity index (χ3n) is 4.44. The van der Waals surface area contributed by atoms with Gasteiger partial charge < -0.3 is 27.8 Å². The van der Waals surface area contributed by atoms with Gasteiger partial charge in [0.15, 0.2) is 12.7 Å². The lowest BCUT2D eigenvalue weighted by atomic mass is 10.7. The first-order valence-electron chi connectivity index (χ1n) is 40.4. The Bertz CT molecular complexity index is 1360. The van der Waals surface area contributed by atoms with E-state index >= 15 is 0 Å². The molecule has 0 aromatic carbocycles. The van der Waals surface area contributed by atoms with Crippen LogP contribution in [-0.2, 0) is 0 Å². The molecule has 12 rings (SSSR count). The number of hydrogen-bond donors (Lipinski definition) is 4. The number of furan rings is 1. The van der Waals surface area contributed by atoms with E-state index in [0.29, 0.717) is 0 Å². The van der Waals surface area contributed by atoms with E-state index in [2.05, 4.69) is 97.2 Å². The molecule has 0 aliphatic rings. The van der Waals surface area contributed by atoms with Crippen LogP contribution in [0.3, 0.4) is 0 Å². The predicted octanol–water partition coefficient (Wildman–Crippen LogP) is 33.5. The van der Waals surface area contributed by atoms with Crippen molar-refractivity contribution in [1.29, 1.82) is 0 Å². The summed E-state index contributed by atoms with van der Waals surface area (Å²) < 4.78 is 25.0. The zero-order chi connectivity index (χ0) is 90.4. The minimum absolute atomic E-state index is 1.26. The topological polar surface area (TPSA) is 270 Å². The Morgan fingerprint density at radius 2 is 0.741 bits per heavy atom. The first kappa shape index (κ1) is 170. The maximum Gasteiger partial charge on any atom is 0.213 e. The average molecular weight is 1610 g/mol. The molecule has 20 nitrogen and oxygen atoms in total. The Morgan fingerprint density at radius 1 is 0.241 bits per heavy atom. The summed E-state index contributed by atoms with van der Waals surface area (Å²) in [5.41, 5.74) is 3.47. The van der Waals surface area contributed by atoms with Gasteiger partial charge in [0.05, 0.1) is 36.8 Å². The normalized spacial score (nSPS) is 5.78. The smallest absolute Gasteiger partial charge is 0.213 e. The molecule has 4 N–H and O–H groups in total. The largest absolute Gasteiger partial charge is 0.473 e. The fourth-order valence-electron chi connectivity index (χ4n) is 2.30. The van der Waals surface area contributed by atoms with Crippen molar-refractivity contribution in [2.24, 2.45) is 0 Å². The highest BCUT2D eigenvalue weighted by atomic mass is 32.1. The summed E-state index contributed by atoms with van der Waals surface area (Å²) in [5, 5.41) is 26.7. The number of nitrogens with zero attached hydrogens (tertiary/aromatic N) is 12. The molecule has 12 heterocycles. The Balaban J connectivity index is -0.0000000309. The SMILES string of the molecule is CC.CC.CC.CC.CC.CC.CC.CC.CC.CC.CC.CC.CC.CC.CC.CC.CC.CC.CC.CC.CC.CC.CC.CC.c1c[nH]cn1.c1cc[nH]c1.c1ccoc1.c1ccsc1.c1cn[nH]c1.c1cnoc1.c1cnsc1.c1cocn1.c1cscn1.c1nc[nH]n1.c1ncon1.c1ncsn1. The van der Waals surface area contributed by atoms with E-state index in [4.69, 9.17) is 0 Å². The van der Waals surface area contributed by atoms with Crippen LogP contribution in [0.15, 0.2) is 236 Å². The number of nitrogens with one attached hydrogen (secondary N) is 4. The molecule has 24 heteroatoms. The summed E-state index contributed by atoms with van der Waals surface area (Å²) >= 11 is 6.13. The molecule has 0 fully saturated rings. The van der Waals surface area contributed by atoms with Gasteiger partial charge in [-0.1, -0.05) is 355 Å². The van der Waals surface area contributed by atoms with Gasteiger partial charge in [0.1, 0.15) is 37.0 Å². The highest BCUT2D eigenvalue weighted by Crippen LogP contribution is 1.91. The number of H-pyrrole nitrogens is 4. The summed E-state index contributed by atoms with van der Waals surface area (Å²) in [6.07, 6.45) is 33.7. The Morgan fingerprint density at radius 3 is 0.852 bits per heavy atom. The molecule has 108 heavy (non-hydrogen) atoms. The van der Waals surface area contributed by atoms with Gasteiger partial charge in [-0.05, 0) is 76.3 Å². The third-order valence-corrected chi connectivity index (χ3v) is 6.55. The second-order valence-corrected chi connectivity index (χ2v) is 11.4. The molecule has 0 saturated heterocycles. The maximum absolute atomic E-state index is 4.58. The van der Waals surface area contributed by atoms with Gasteiger partial charge in [-0.2, -0.15) is 25.9 Å². The number of aromatic amines is 4. The maximum atomic E-state index is 4.58. The molecule has 0 atom stereocenters. The van der Waals surface area contributed by atoms with Crippen LogP contribution in [0.1, 0.15) is 332 Å². The molecule has 648 valence electrons. The predicted molar refractivity (Wildman–Crippen MR) is 501 cm³/mol. The van der Waals surface area contributed by atoms with Crippen LogP contribution in [0, 0.1) is 0 Å². The minimum atomic E-state index is 1.26. The number of oxazole rings is 1. The minimum Gasteiger partial charge on any atom is -0.473 e. The Kier molecular flexibility index (Phi) is 552. The summed E-state index contributed by atoms with van der Waals surface area (Å²) in [7, 11) is 0. The van der Waals surface area contributed by atoms with E-state index in [-0.39, 0.29) is 0 Å². The number of aromatic nitrogens is 16. The van der Waals surface area contributed by atoms with Crippen molar-refractivity contribution in [1.82, 2.24) is 79.3 Å². The van der Waals surface area contributed by atoms with Crippen LogP contribution in [-0.4, -0.2) is 79.3 Å². The van der Waals surface area contributed by atoms with E-state index in [1.54, 1.807) is 108 Å². The number of imidazole rings is 1. The summed E-state index contributed by atoms with van der Waals surface area (Å²) in [6, 6.07) is 17.1. The molecule has 0 aliphatic heterocycles. The summed E-state index contributed by atoms with van der Waals surface area (Å²) in [5.74, 6) is 0. The van der Waals surface area contributed by atoms with Crippen molar-refractivity contribution in [2.75, 3.05) is 0 Å². The fourth-order valence-corrected chi connectivity index (χ4v) is 3.73. The van der Waals surface area contributed by atoms with Crippen LogP contribution < -0.4 is 0 Å². The molecule has 0 bridgehead atoms. The molecule has 0 unspecified atom stereocenters. The average Bonchev–Trinajstić information content (AvgIpc) is 4.66. The van der Waals surface area contributed by atoms with Crippen molar-refractivity contribution in [2.45, 2.75) is 332 Å². The first-order chi connectivity index (χ1) is 54.0. The quantitative estimate of drug-likeness (QED) is 0.110. The van der Waals surface area contributed by atoms with Crippen LogP contribution in [0.4, 0.5) is 0 Å². The van der Waals surface area contributed by atoms with Crippen LogP contribution in [0.25, 0.3) is 0 Å². The number of rotatable bonds is 0. The lowest BCUT2D eigenvalue weighted by molar-refractivity contribution is 0.416. The lowest BCUT2D eigenvalue weighted by Crippen LogP contribution is -1.53. The van der Waals surface area contributed by atoms with Gasteiger partial charge in [-0.3, -0.25) is 15.2 Å². The molecular weight excluding hydrogens is 1430 g/mol. The van der Waals surface area contributed by atoms with E-state index in [9.17, 15) is 0 Å². The van der Waals surface area contributed by atoms with Crippen LogP contribution >= 0.6 is 45.7 Å². The van der Waals surface area contributed by atoms with Crippen molar-refractivity contribution in [3.63, 3.8) is 0 Å². The second kappa shape index (κ2) is 351. The third kappa shape index (κ3) is 340. The monoisotopic (exact) mass is 1610 g/mol. The van der Waals surface area contributed by atoms with E-state index < -0.39 is 0 Å². The van der Waals surface area contributed by atoms with Gasteiger partial charge in [-0.15, -0.1) is 11.3 Å². The molecule has 0 saturated carbocycles. The van der Waals surface area contributed by atoms with E-state index in [1.807, 2.05) is 415 Å². The molecule has 0 aliphatic carbocycles. The van der Waals surface area contributed by atoms with E-state index in [0.717, 1.165) is 0 Å². The van der Waals surface area contributed by atoms with E-state index in [1.165, 1.54) is 73.7 Å². The highest BCUT2D eigenvalue weighted by Gasteiger charge is 1.64. The van der Waals surface area contributed by atoms with Crippen molar-refractivity contribution in [3.05, 3.63) is 219 Å². The van der Waals surface area contributed by atoms with Crippen molar-refractivity contribution in [3.8, 4) is 0 Å². The van der Waals surface area contributed by atoms with Gasteiger partial charge in [-0.25, -0.2) is 29.3 Å². The van der Waals surface area contributed by atoms with Crippen LogP contribution in [0.2, 0.25) is 0 Å². The number of thiazole rings is 1. The molecule has 0 spiro atoms. The Labute approximate surface area is 689 Å². The fraction of sp³-hybridized carbons (Fsp3) is 0.571. The van der Waals surface area contributed by atoms with Crippen molar-refractivity contribution < 1.29 is 17.9 Å². The highest BCUT2D eigenvalue weighted by molar-refractivity contribution is 7.07.